The zero-order chi connectivity index (χ0) is 10.8. The summed E-state index contributed by atoms with van der Waals surface area (Å²) in [6.07, 6.45) is 0. The molecule has 0 aliphatic rings. The molecule has 0 amide bonds. The maximum Gasteiger partial charge on any atom is 0.337 e. The first-order chi connectivity index (χ1) is 7.20. The van der Waals surface area contributed by atoms with Crippen LogP contribution in [0, 0.1) is 0 Å². The zero-order valence-corrected chi connectivity index (χ0v) is 8.62. The minimum Gasteiger partial charge on any atom is -0.478 e. The average Bonchev–Trinajstić information content (AvgIpc) is 2.67. The summed E-state index contributed by atoms with van der Waals surface area (Å²) in [5.41, 5.74) is 7.48. The van der Waals surface area contributed by atoms with Crippen LogP contribution in [0.3, 0.4) is 0 Å². The minimum absolute atomic E-state index is 0.304. The smallest absolute Gasteiger partial charge is 0.337 e. The molecule has 1 aromatic heterocycles. The van der Waals surface area contributed by atoms with Crippen molar-refractivity contribution in [1.29, 1.82) is 0 Å². The fourth-order valence-corrected chi connectivity index (χ4v) is 2.33. The van der Waals surface area contributed by atoms with E-state index >= 15 is 0 Å². The standard InChI is InChI=1S/C11H9NO2S/c12-9-4-2-1-3-7(9)10-8(11(13)14)5-6-15-10/h1-6H,12H2,(H,13,14). The molecule has 76 valence electrons. The molecule has 2 rings (SSSR count). The van der Waals surface area contributed by atoms with Crippen molar-refractivity contribution in [3.63, 3.8) is 0 Å². The van der Waals surface area contributed by atoms with Gasteiger partial charge in [0.15, 0.2) is 0 Å². The number of carboxylic acids is 1. The van der Waals surface area contributed by atoms with Crippen molar-refractivity contribution in [1.82, 2.24) is 0 Å². The predicted molar refractivity (Wildman–Crippen MR) is 61.1 cm³/mol. The number of carboxylic acid groups (broad SMARTS) is 1. The Labute approximate surface area is 90.8 Å². The molecule has 0 spiro atoms. The molecule has 0 bridgehead atoms. The van der Waals surface area contributed by atoms with E-state index in [1.807, 2.05) is 18.2 Å². The van der Waals surface area contributed by atoms with Crippen LogP contribution >= 0.6 is 11.3 Å². The van der Waals surface area contributed by atoms with Crippen molar-refractivity contribution in [3.05, 3.63) is 41.3 Å². The largest absolute Gasteiger partial charge is 0.478 e. The monoisotopic (exact) mass is 219 g/mol. The fourth-order valence-electron chi connectivity index (χ4n) is 1.39. The molecule has 0 fully saturated rings. The molecule has 1 aromatic carbocycles. The lowest BCUT2D eigenvalue weighted by molar-refractivity contribution is 0.0698. The van der Waals surface area contributed by atoms with Crippen molar-refractivity contribution >= 4 is 23.0 Å². The van der Waals surface area contributed by atoms with Gasteiger partial charge >= 0.3 is 5.97 Å². The van der Waals surface area contributed by atoms with Crippen molar-refractivity contribution in [2.24, 2.45) is 0 Å². The molecular weight excluding hydrogens is 210 g/mol. The molecule has 4 heteroatoms. The normalized spacial score (nSPS) is 10.1. The van der Waals surface area contributed by atoms with Crippen LogP contribution < -0.4 is 5.73 Å². The molecule has 0 saturated heterocycles. The molecule has 0 unspecified atom stereocenters. The second-order valence-electron chi connectivity index (χ2n) is 3.06. The lowest BCUT2D eigenvalue weighted by Gasteiger charge is -2.03. The van der Waals surface area contributed by atoms with Gasteiger partial charge in [0.25, 0.3) is 0 Å². The molecular formula is C11H9NO2S. The highest BCUT2D eigenvalue weighted by molar-refractivity contribution is 7.14. The summed E-state index contributed by atoms with van der Waals surface area (Å²) < 4.78 is 0. The van der Waals surface area contributed by atoms with E-state index in [2.05, 4.69) is 0 Å². The number of hydrogen-bond donors (Lipinski definition) is 2. The molecule has 0 aliphatic heterocycles. The number of benzene rings is 1. The van der Waals surface area contributed by atoms with Gasteiger partial charge in [-0.3, -0.25) is 0 Å². The second kappa shape index (κ2) is 3.74. The summed E-state index contributed by atoms with van der Waals surface area (Å²) in [7, 11) is 0. The van der Waals surface area contributed by atoms with Crippen molar-refractivity contribution in [3.8, 4) is 10.4 Å². The van der Waals surface area contributed by atoms with Crippen LogP contribution in [-0.4, -0.2) is 11.1 Å². The van der Waals surface area contributed by atoms with Crippen LogP contribution in [-0.2, 0) is 0 Å². The third-order valence-electron chi connectivity index (χ3n) is 2.10. The summed E-state index contributed by atoms with van der Waals surface area (Å²) in [5.74, 6) is -0.922. The summed E-state index contributed by atoms with van der Waals surface area (Å²) in [6, 6.07) is 8.85. The van der Waals surface area contributed by atoms with Crippen molar-refractivity contribution in [2.75, 3.05) is 5.73 Å². The number of aromatic carboxylic acids is 1. The Morgan fingerprint density at radius 3 is 2.67 bits per heavy atom. The number of carbonyl (C=O) groups is 1. The van der Waals surface area contributed by atoms with Gasteiger partial charge in [0.2, 0.25) is 0 Å². The summed E-state index contributed by atoms with van der Waals surface area (Å²) in [5, 5.41) is 10.7. The van der Waals surface area contributed by atoms with E-state index in [4.69, 9.17) is 10.8 Å². The number of thiophene rings is 1. The Morgan fingerprint density at radius 2 is 2.00 bits per heavy atom. The van der Waals surface area contributed by atoms with Gasteiger partial charge in [-0.05, 0) is 17.5 Å². The number of nitrogen functional groups attached to an aromatic ring is 1. The van der Waals surface area contributed by atoms with Crippen LogP contribution in [0.15, 0.2) is 35.7 Å². The van der Waals surface area contributed by atoms with E-state index in [1.165, 1.54) is 11.3 Å². The second-order valence-corrected chi connectivity index (χ2v) is 3.97. The summed E-state index contributed by atoms with van der Waals surface area (Å²) in [6.45, 7) is 0. The Balaban J connectivity index is 2.59. The van der Waals surface area contributed by atoms with E-state index < -0.39 is 5.97 Å². The minimum atomic E-state index is -0.922. The van der Waals surface area contributed by atoms with E-state index in [9.17, 15) is 4.79 Å². The zero-order valence-electron chi connectivity index (χ0n) is 7.81. The van der Waals surface area contributed by atoms with Gasteiger partial charge in [-0.25, -0.2) is 4.79 Å². The quantitative estimate of drug-likeness (QED) is 0.763. The lowest BCUT2D eigenvalue weighted by atomic mass is 10.1. The Morgan fingerprint density at radius 1 is 1.27 bits per heavy atom. The van der Waals surface area contributed by atoms with E-state index in [0.29, 0.717) is 16.1 Å². The lowest BCUT2D eigenvalue weighted by Crippen LogP contribution is -1.97. The van der Waals surface area contributed by atoms with Crippen LogP contribution in [0.25, 0.3) is 10.4 Å². The fraction of sp³-hybridized carbons (Fsp3) is 0. The van der Waals surface area contributed by atoms with E-state index in [1.54, 1.807) is 17.5 Å². The molecule has 0 saturated carbocycles. The Hall–Kier alpha value is -1.81. The van der Waals surface area contributed by atoms with Gasteiger partial charge < -0.3 is 10.8 Å². The van der Waals surface area contributed by atoms with E-state index in [-0.39, 0.29) is 0 Å². The number of nitrogens with two attached hydrogens (primary N) is 1. The number of anilines is 1. The van der Waals surface area contributed by atoms with Crippen LogP contribution in [0.2, 0.25) is 0 Å². The van der Waals surface area contributed by atoms with Crippen LogP contribution in [0.5, 0.6) is 0 Å². The van der Waals surface area contributed by atoms with Gasteiger partial charge in [-0.1, -0.05) is 18.2 Å². The highest BCUT2D eigenvalue weighted by atomic mass is 32.1. The number of hydrogen-bond acceptors (Lipinski definition) is 3. The summed E-state index contributed by atoms with van der Waals surface area (Å²) >= 11 is 1.38. The molecule has 1 heterocycles. The molecule has 2 aromatic rings. The van der Waals surface area contributed by atoms with Gasteiger partial charge in [0.1, 0.15) is 0 Å². The maximum atomic E-state index is 10.9. The number of para-hydroxylation sites is 1. The average molecular weight is 219 g/mol. The Bertz CT molecular complexity index is 505. The molecule has 0 atom stereocenters. The third kappa shape index (κ3) is 1.71. The first-order valence-electron chi connectivity index (χ1n) is 4.36. The van der Waals surface area contributed by atoms with Gasteiger partial charge in [-0.15, -0.1) is 11.3 Å². The van der Waals surface area contributed by atoms with E-state index in [0.717, 1.165) is 5.56 Å². The topological polar surface area (TPSA) is 63.3 Å². The molecule has 0 radical (unpaired) electrons. The Kier molecular flexibility index (Phi) is 2.43. The molecule has 3 nitrogen and oxygen atoms in total. The van der Waals surface area contributed by atoms with Crippen molar-refractivity contribution < 1.29 is 9.90 Å². The maximum absolute atomic E-state index is 10.9. The van der Waals surface area contributed by atoms with Gasteiger partial charge in [0, 0.05) is 11.3 Å². The van der Waals surface area contributed by atoms with Crippen LogP contribution in [0.4, 0.5) is 5.69 Å². The van der Waals surface area contributed by atoms with Crippen molar-refractivity contribution in [2.45, 2.75) is 0 Å². The molecule has 0 aliphatic carbocycles. The van der Waals surface area contributed by atoms with Gasteiger partial charge in [0.05, 0.1) is 10.4 Å². The first kappa shape index (κ1) is 9.73. The molecule has 3 N–H and O–H groups in total. The SMILES string of the molecule is Nc1ccccc1-c1sccc1C(=O)O. The number of rotatable bonds is 2. The summed E-state index contributed by atoms with van der Waals surface area (Å²) in [4.78, 5) is 11.6. The highest BCUT2D eigenvalue weighted by Crippen LogP contribution is 2.33. The van der Waals surface area contributed by atoms with Crippen LogP contribution in [0.1, 0.15) is 10.4 Å². The highest BCUT2D eigenvalue weighted by Gasteiger charge is 2.14. The third-order valence-corrected chi connectivity index (χ3v) is 3.05. The predicted octanol–water partition coefficient (Wildman–Crippen LogP) is 2.70. The van der Waals surface area contributed by atoms with Gasteiger partial charge in [-0.2, -0.15) is 0 Å². The molecule has 15 heavy (non-hydrogen) atoms. The first-order valence-corrected chi connectivity index (χ1v) is 5.24.